The first-order valence-electron chi connectivity index (χ1n) is 7.81. The van der Waals surface area contributed by atoms with Crippen LogP contribution < -0.4 is 5.32 Å². The first-order chi connectivity index (χ1) is 10.0. The van der Waals surface area contributed by atoms with Crippen molar-refractivity contribution in [3.8, 4) is 11.3 Å². The zero-order chi connectivity index (χ0) is 14.9. The minimum absolute atomic E-state index is 0.480. The summed E-state index contributed by atoms with van der Waals surface area (Å²) in [6.07, 6.45) is 5.24. The maximum atomic E-state index is 4.54. The van der Waals surface area contributed by atoms with Crippen LogP contribution in [0.4, 0.5) is 5.69 Å². The van der Waals surface area contributed by atoms with Gasteiger partial charge in [0.1, 0.15) is 0 Å². The maximum absolute atomic E-state index is 4.54. The quantitative estimate of drug-likeness (QED) is 0.809. The molecule has 1 fully saturated rings. The molecule has 0 amide bonds. The summed E-state index contributed by atoms with van der Waals surface area (Å²) in [4.78, 5) is 4.54. The van der Waals surface area contributed by atoms with Crippen molar-refractivity contribution in [1.29, 1.82) is 0 Å². The molecule has 3 heteroatoms. The lowest BCUT2D eigenvalue weighted by molar-refractivity contribution is 0.229. The highest BCUT2D eigenvalue weighted by Crippen LogP contribution is 2.36. The average molecular weight is 300 g/mol. The normalized spacial score (nSPS) is 21.2. The van der Waals surface area contributed by atoms with E-state index in [-0.39, 0.29) is 0 Å². The summed E-state index contributed by atoms with van der Waals surface area (Å²) in [6, 6.07) is 9.33. The predicted octanol–water partition coefficient (Wildman–Crippen LogP) is 5.50. The smallest absolute Gasteiger partial charge is 0.0901 e. The second-order valence-electron chi connectivity index (χ2n) is 6.93. The highest BCUT2D eigenvalue weighted by atomic mass is 32.1. The molecule has 1 aliphatic rings. The third kappa shape index (κ3) is 3.65. The Kier molecular flexibility index (Phi) is 4.03. The molecule has 0 radical (unpaired) electrons. The third-order valence-electron chi connectivity index (χ3n) is 4.38. The molecule has 1 unspecified atom stereocenters. The van der Waals surface area contributed by atoms with Gasteiger partial charge in [-0.05, 0) is 43.7 Å². The zero-order valence-corrected chi connectivity index (χ0v) is 14.0. The SMILES string of the molecule is Cc1nc(-c2ccc(NC3CCCC(C)(C)C3)cc2)cs1. The molecule has 0 aliphatic heterocycles. The molecule has 112 valence electrons. The van der Waals surface area contributed by atoms with Gasteiger partial charge in [0.25, 0.3) is 0 Å². The van der Waals surface area contributed by atoms with Crippen molar-refractivity contribution < 1.29 is 0 Å². The first-order valence-corrected chi connectivity index (χ1v) is 8.69. The zero-order valence-electron chi connectivity index (χ0n) is 13.1. The van der Waals surface area contributed by atoms with E-state index >= 15 is 0 Å². The van der Waals surface area contributed by atoms with Gasteiger partial charge in [0.05, 0.1) is 10.7 Å². The monoisotopic (exact) mass is 300 g/mol. The third-order valence-corrected chi connectivity index (χ3v) is 5.15. The topological polar surface area (TPSA) is 24.9 Å². The highest BCUT2D eigenvalue weighted by Gasteiger charge is 2.27. The molecule has 0 spiro atoms. The summed E-state index contributed by atoms with van der Waals surface area (Å²) < 4.78 is 0. The number of aromatic nitrogens is 1. The number of nitrogens with one attached hydrogen (secondary N) is 1. The molecular weight excluding hydrogens is 276 g/mol. The number of aryl methyl sites for hydroxylation is 1. The molecular formula is C18H24N2S. The van der Waals surface area contributed by atoms with Gasteiger partial charge in [-0.2, -0.15) is 0 Å². The van der Waals surface area contributed by atoms with Crippen LogP contribution in [0.5, 0.6) is 0 Å². The van der Waals surface area contributed by atoms with Crippen molar-refractivity contribution in [2.75, 3.05) is 5.32 Å². The fourth-order valence-electron chi connectivity index (χ4n) is 3.29. The molecule has 1 atom stereocenters. The van der Waals surface area contributed by atoms with Gasteiger partial charge < -0.3 is 5.32 Å². The van der Waals surface area contributed by atoms with Crippen molar-refractivity contribution >= 4 is 17.0 Å². The van der Waals surface area contributed by atoms with Gasteiger partial charge in [-0.1, -0.05) is 32.4 Å². The molecule has 2 aromatic rings. The Bertz CT molecular complexity index is 598. The van der Waals surface area contributed by atoms with Crippen LogP contribution in [-0.4, -0.2) is 11.0 Å². The Labute approximate surface area is 131 Å². The van der Waals surface area contributed by atoms with Gasteiger partial charge in [-0.25, -0.2) is 4.98 Å². The summed E-state index contributed by atoms with van der Waals surface area (Å²) in [5, 5.41) is 6.95. The second-order valence-corrected chi connectivity index (χ2v) is 7.99. The molecule has 21 heavy (non-hydrogen) atoms. The Balaban J connectivity index is 1.67. The molecule has 1 N–H and O–H groups in total. The summed E-state index contributed by atoms with van der Waals surface area (Å²) in [6.45, 7) is 6.82. The van der Waals surface area contributed by atoms with Gasteiger partial charge >= 0.3 is 0 Å². The van der Waals surface area contributed by atoms with Crippen LogP contribution in [0.2, 0.25) is 0 Å². The van der Waals surface area contributed by atoms with Gasteiger partial charge in [-0.15, -0.1) is 11.3 Å². The number of nitrogens with zero attached hydrogens (tertiary/aromatic N) is 1. The van der Waals surface area contributed by atoms with Gasteiger partial charge in [0.15, 0.2) is 0 Å². The molecule has 1 aromatic heterocycles. The standard InChI is InChI=1S/C18H24N2S/c1-13-19-17(12-21-13)14-6-8-15(9-7-14)20-16-5-4-10-18(2,3)11-16/h6-9,12,16,20H,4-5,10-11H2,1-3H3. The van der Waals surface area contributed by atoms with Crippen LogP contribution in [0.15, 0.2) is 29.6 Å². The van der Waals surface area contributed by atoms with Crippen molar-refractivity contribution in [1.82, 2.24) is 4.98 Å². The van der Waals surface area contributed by atoms with E-state index < -0.39 is 0 Å². The largest absolute Gasteiger partial charge is 0.382 e. The fourth-order valence-corrected chi connectivity index (χ4v) is 3.91. The number of thiazole rings is 1. The number of hydrogen-bond acceptors (Lipinski definition) is 3. The van der Waals surface area contributed by atoms with E-state index in [1.165, 1.54) is 36.9 Å². The van der Waals surface area contributed by atoms with E-state index in [1.807, 2.05) is 0 Å². The van der Waals surface area contributed by atoms with Crippen LogP contribution in [0.1, 0.15) is 44.5 Å². The molecule has 2 nitrogen and oxygen atoms in total. The fraction of sp³-hybridized carbons (Fsp3) is 0.500. The summed E-state index contributed by atoms with van der Waals surface area (Å²) >= 11 is 1.70. The molecule has 0 bridgehead atoms. The Hall–Kier alpha value is -1.35. The van der Waals surface area contributed by atoms with Gasteiger partial charge in [0, 0.05) is 22.7 Å². The van der Waals surface area contributed by atoms with Crippen LogP contribution in [-0.2, 0) is 0 Å². The molecule has 1 aliphatic carbocycles. The van der Waals surface area contributed by atoms with Crippen molar-refractivity contribution in [2.24, 2.45) is 5.41 Å². The van der Waals surface area contributed by atoms with Crippen molar-refractivity contribution in [3.05, 3.63) is 34.7 Å². The molecule has 1 heterocycles. The predicted molar refractivity (Wildman–Crippen MR) is 91.9 cm³/mol. The minimum Gasteiger partial charge on any atom is -0.382 e. The minimum atomic E-state index is 0.480. The lowest BCUT2D eigenvalue weighted by Crippen LogP contribution is -2.31. The van der Waals surface area contributed by atoms with Crippen LogP contribution in [0.3, 0.4) is 0 Å². The van der Waals surface area contributed by atoms with E-state index in [2.05, 4.69) is 60.7 Å². The molecule has 0 saturated heterocycles. The molecule has 1 aromatic carbocycles. The molecule has 3 rings (SSSR count). The van der Waals surface area contributed by atoms with E-state index in [9.17, 15) is 0 Å². The van der Waals surface area contributed by atoms with Crippen molar-refractivity contribution in [2.45, 2.75) is 52.5 Å². The summed E-state index contributed by atoms with van der Waals surface area (Å²) in [7, 11) is 0. The first kappa shape index (κ1) is 14.6. The maximum Gasteiger partial charge on any atom is 0.0901 e. The highest BCUT2D eigenvalue weighted by molar-refractivity contribution is 7.09. The van der Waals surface area contributed by atoms with Crippen LogP contribution in [0.25, 0.3) is 11.3 Å². The Morgan fingerprint density at radius 2 is 2.00 bits per heavy atom. The van der Waals surface area contributed by atoms with E-state index in [0.29, 0.717) is 11.5 Å². The Morgan fingerprint density at radius 1 is 1.24 bits per heavy atom. The van der Waals surface area contributed by atoms with E-state index in [4.69, 9.17) is 0 Å². The number of rotatable bonds is 3. The lowest BCUT2D eigenvalue weighted by atomic mass is 9.75. The van der Waals surface area contributed by atoms with Crippen molar-refractivity contribution in [3.63, 3.8) is 0 Å². The van der Waals surface area contributed by atoms with E-state index in [0.717, 1.165) is 10.7 Å². The number of hydrogen-bond donors (Lipinski definition) is 1. The molecule has 1 saturated carbocycles. The summed E-state index contributed by atoms with van der Waals surface area (Å²) in [5.74, 6) is 0. The summed E-state index contributed by atoms with van der Waals surface area (Å²) in [5.41, 5.74) is 4.00. The number of benzene rings is 1. The number of anilines is 1. The van der Waals surface area contributed by atoms with Crippen LogP contribution >= 0.6 is 11.3 Å². The van der Waals surface area contributed by atoms with Crippen LogP contribution in [0, 0.1) is 12.3 Å². The lowest BCUT2D eigenvalue weighted by Gasteiger charge is -2.36. The van der Waals surface area contributed by atoms with E-state index in [1.54, 1.807) is 11.3 Å². The van der Waals surface area contributed by atoms with Gasteiger partial charge in [0.2, 0.25) is 0 Å². The van der Waals surface area contributed by atoms with Gasteiger partial charge in [-0.3, -0.25) is 0 Å². The average Bonchev–Trinajstić information content (AvgIpc) is 2.85. The Morgan fingerprint density at radius 3 is 2.62 bits per heavy atom. The second kappa shape index (κ2) is 5.80.